The van der Waals surface area contributed by atoms with Gasteiger partial charge in [-0.3, -0.25) is 0 Å². The van der Waals surface area contributed by atoms with Gasteiger partial charge in [-0.15, -0.1) is 11.3 Å². The lowest BCUT2D eigenvalue weighted by atomic mass is 9.98. The van der Waals surface area contributed by atoms with Gasteiger partial charge >= 0.3 is 0 Å². The van der Waals surface area contributed by atoms with Crippen LogP contribution in [0.25, 0.3) is 0 Å². The molecule has 0 radical (unpaired) electrons. The van der Waals surface area contributed by atoms with Crippen LogP contribution in [0.5, 0.6) is 0 Å². The molecule has 1 fully saturated rings. The Kier molecular flexibility index (Phi) is 3.12. The molecule has 1 N–H and O–H groups in total. The van der Waals surface area contributed by atoms with Crippen molar-refractivity contribution < 1.29 is 0 Å². The van der Waals surface area contributed by atoms with Gasteiger partial charge in [-0.25, -0.2) is 4.98 Å². The van der Waals surface area contributed by atoms with Crippen LogP contribution in [0.3, 0.4) is 0 Å². The van der Waals surface area contributed by atoms with Crippen LogP contribution in [0.2, 0.25) is 0 Å². The average Bonchev–Trinajstić information content (AvgIpc) is 2.80. The molecule has 1 heterocycles. The normalized spacial score (nSPS) is 17.0. The zero-order valence-electron chi connectivity index (χ0n) is 9.84. The third-order valence-corrected chi connectivity index (χ3v) is 3.90. The summed E-state index contributed by atoms with van der Waals surface area (Å²) in [6.07, 6.45) is 3.80. The number of rotatable bonds is 4. The van der Waals surface area contributed by atoms with Crippen LogP contribution >= 0.6 is 11.3 Å². The van der Waals surface area contributed by atoms with Gasteiger partial charge < -0.3 is 5.32 Å². The average molecular weight is 224 g/mol. The third kappa shape index (κ3) is 3.28. The highest BCUT2D eigenvalue weighted by Crippen LogP contribution is 2.25. The van der Waals surface area contributed by atoms with Crippen LogP contribution in [0, 0.1) is 0 Å². The van der Waals surface area contributed by atoms with Crippen molar-refractivity contribution in [1.29, 1.82) is 0 Å². The summed E-state index contributed by atoms with van der Waals surface area (Å²) >= 11 is 1.79. The monoisotopic (exact) mass is 224 g/mol. The summed E-state index contributed by atoms with van der Waals surface area (Å²) in [5.74, 6) is 0. The van der Waals surface area contributed by atoms with Gasteiger partial charge in [0, 0.05) is 29.8 Å². The van der Waals surface area contributed by atoms with Gasteiger partial charge in [0.2, 0.25) is 0 Å². The highest BCUT2D eigenvalue weighted by Gasteiger charge is 2.20. The zero-order chi connectivity index (χ0) is 10.9. The Labute approximate surface area is 96.1 Å². The molecule has 15 heavy (non-hydrogen) atoms. The van der Waals surface area contributed by atoms with Crippen LogP contribution in [0.4, 0.5) is 0 Å². The highest BCUT2D eigenvalue weighted by atomic mass is 32.1. The maximum Gasteiger partial charge on any atom is 0.0981 e. The molecule has 0 bridgehead atoms. The molecule has 1 aliphatic rings. The summed E-state index contributed by atoms with van der Waals surface area (Å²) in [6, 6.07) is 0.811. The van der Waals surface area contributed by atoms with Crippen LogP contribution < -0.4 is 5.32 Å². The minimum atomic E-state index is 0.201. The third-order valence-electron chi connectivity index (χ3n) is 2.58. The fourth-order valence-corrected chi connectivity index (χ4v) is 2.40. The summed E-state index contributed by atoms with van der Waals surface area (Å²) in [5.41, 5.74) is 1.45. The van der Waals surface area contributed by atoms with E-state index in [-0.39, 0.29) is 5.41 Å². The maximum absolute atomic E-state index is 4.68. The largest absolute Gasteiger partial charge is 0.314 e. The molecule has 1 aromatic rings. The van der Waals surface area contributed by atoms with Crippen molar-refractivity contribution >= 4 is 11.3 Å². The van der Waals surface area contributed by atoms with Gasteiger partial charge in [0.25, 0.3) is 0 Å². The summed E-state index contributed by atoms with van der Waals surface area (Å²) < 4.78 is 0. The summed E-state index contributed by atoms with van der Waals surface area (Å²) in [7, 11) is 0. The SMILES string of the molecule is CC(C)(C)c1nc(CCNC2CC2)cs1. The van der Waals surface area contributed by atoms with E-state index in [0.29, 0.717) is 0 Å². The van der Waals surface area contributed by atoms with Crippen molar-refractivity contribution in [2.24, 2.45) is 0 Å². The smallest absolute Gasteiger partial charge is 0.0981 e. The molecule has 1 saturated carbocycles. The van der Waals surface area contributed by atoms with Crippen LogP contribution in [0.1, 0.15) is 44.3 Å². The lowest BCUT2D eigenvalue weighted by molar-refractivity contribution is 0.581. The molecule has 1 aromatic heterocycles. The van der Waals surface area contributed by atoms with Gasteiger partial charge in [-0.05, 0) is 12.8 Å². The lowest BCUT2D eigenvalue weighted by Gasteiger charge is -2.13. The maximum atomic E-state index is 4.68. The van der Waals surface area contributed by atoms with Crippen molar-refractivity contribution in [2.75, 3.05) is 6.54 Å². The van der Waals surface area contributed by atoms with E-state index in [4.69, 9.17) is 0 Å². The second-order valence-electron chi connectivity index (χ2n) is 5.37. The number of hydrogen-bond donors (Lipinski definition) is 1. The van der Waals surface area contributed by atoms with Gasteiger partial charge in [0.15, 0.2) is 0 Å². The molecule has 0 saturated heterocycles. The van der Waals surface area contributed by atoms with E-state index in [1.54, 1.807) is 11.3 Å². The first kappa shape index (κ1) is 11.1. The van der Waals surface area contributed by atoms with Crippen molar-refractivity contribution in [3.63, 3.8) is 0 Å². The van der Waals surface area contributed by atoms with E-state index in [0.717, 1.165) is 19.0 Å². The molecule has 2 nitrogen and oxygen atoms in total. The molecule has 1 aliphatic carbocycles. The van der Waals surface area contributed by atoms with Crippen LogP contribution in [-0.4, -0.2) is 17.6 Å². The Morgan fingerprint density at radius 2 is 2.20 bits per heavy atom. The van der Waals surface area contributed by atoms with E-state index in [9.17, 15) is 0 Å². The minimum absolute atomic E-state index is 0.201. The molecule has 0 unspecified atom stereocenters. The number of hydrogen-bond acceptors (Lipinski definition) is 3. The number of nitrogens with one attached hydrogen (secondary N) is 1. The quantitative estimate of drug-likeness (QED) is 0.850. The van der Waals surface area contributed by atoms with Crippen LogP contribution in [0.15, 0.2) is 5.38 Å². The first-order valence-electron chi connectivity index (χ1n) is 5.74. The fourth-order valence-electron chi connectivity index (χ4n) is 1.46. The summed E-state index contributed by atoms with van der Waals surface area (Å²) in [4.78, 5) is 4.68. The minimum Gasteiger partial charge on any atom is -0.314 e. The Bertz CT molecular complexity index is 321. The summed E-state index contributed by atoms with van der Waals surface area (Å²) in [6.45, 7) is 7.74. The van der Waals surface area contributed by atoms with Gasteiger partial charge in [0.05, 0.1) is 10.7 Å². The lowest BCUT2D eigenvalue weighted by Crippen LogP contribution is -2.19. The van der Waals surface area contributed by atoms with E-state index in [1.807, 2.05) is 0 Å². The molecule has 0 atom stereocenters. The molecule has 84 valence electrons. The number of nitrogens with zero attached hydrogens (tertiary/aromatic N) is 1. The molecule has 3 heteroatoms. The highest BCUT2D eigenvalue weighted by molar-refractivity contribution is 7.09. The predicted octanol–water partition coefficient (Wildman–Crippen LogP) is 2.74. The molecule has 0 aromatic carbocycles. The van der Waals surface area contributed by atoms with E-state index in [1.165, 1.54) is 23.5 Å². The molecule has 0 spiro atoms. The molecule has 2 rings (SSSR count). The molecular weight excluding hydrogens is 204 g/mol. The first-order valence-corrected chi connectivity index (χ1v) is 6.62. The topological polar surface area (TPSA) is 24.9 Å². The van der Waals surface area contributed by atoms with Gasteiger partial charge in [-0.1, -0.05) is 20.8 Å². The fraction of sp³-hybridized carbons (Fsp3) is 0.750. The zero-order valence-corrected chi connectivity index (χ0v) is 10.7. The van der Waals surface area contributed by atoms with Crippen molar-refractivity contribution in [3.05, 3.63) is 16.1 Å². The number of aromatic nitrogens is 1. The van der Waals surface area contributed by atoms with E-state index >= 15 is 0 Å². The molecule has 0 aliphatic heterocycles. The molecule has 0 amide bonds. The van der Waals surface area contributed by atoms with Gasteiger partial charge in [-0.2, -0.15) is 0 Å². The Morgan fingerprint density at radius 3 is 2.73 bits per heavy atom. The van der Waals surface area contributed by atoms with Gasteiger partial charge in [0.1, 0.15) is 0 Å². The molecular formula is C12H20N2S. The summed E-state index contributed by atoms with van der Waals surface area (Å²) in [5, 5.41) is 6.97. The second-order valence-corrected chi connectivity index (χ2v) is 6.23. The number of thiazole rings is 1. The Hall–Kier alpha value is -0.410. The van der Waals surface area contributed by atoms with Crippen molar-refractivity contribution in [2.45, 2.75) is 51.5 Å². The van der Waals surface area contributed by atoms with E-state index in [2.05, 4.69) is 36.5 Å². The van der Waals surface area contributed by atoms with Crippen molar-refractivity contribution in [1.82, 2.24) is 10.3 Å². The standard InChI is InChI=1S/C12H20N2S/c1-12(2,3)11-14-10(8-15-11)6-7-13-9-4-5-9/h8-9,13H,4-7H2,1-3H3. The van der Waals surface area contributed by atoms with Crippen LogP contribution in [-0.2, 0) is 11.8 Å². The second kappa shape index (κ2) is 4.22. The first-order chi connectivity index (χ1) is 7.05. The Balaban J connectivity index is 1.83. The van der Waals surface area contributed by atoms with E-state index < -0.39 is 0 Å². The predicted molar refractivity (Wildman–Crippen MR) is 65.5 cm³/mol. The Morgan fingerprint density at radius 1 is 1.47 bits per heavy atom. The van der Waals surface area contributed by atoms with Crippen molar-refractivity contribution in [3.8, 4) is 0 Å².